The largest absolute Gasteiger partial charge is 0.395 e. The van der Waals surface area contributed by atoms with Gasteiger partial charge in [-0.25, -0.2) is 13.1 Å². The number of rotatable bonds is 13. The molecule has 2 aromatic carbocycles. The van der Waals surface area contributed by atoms with Crippen molar-refractivity contribution in [3.05, 3.63) is 69.7 Å². The normalized spacial score (nSPS) is 15.8. The molecular formula is C25H35Cl2N3O3S. The van der Waals surface area contributed by atoms with Crippen LogP contribution in [0.15, 0.2) is 48.5 Å². The highest BCUT2D eigenvalue weighted by molar-refractivity contribution is 7.89. The van der Waals surface area contributed by atoms with Crippen LogP contribution < -0.4 is 4.72 Å². The number of nitrogens with zero attached hydrogens (tertiary/aromatic N) is 2. The first-order valence-electron chi connectivity index (χ1n) is 11.9. The molecule has 0 radical (unpaired) electrons. The predicted molar refractivity (Wildman–Crippen MR) is 140 cm³/mol. The van der Waals surface area contributed by atoms with Crippen LogP contribution in [-0.2, 0) is 10.0 Å². The van der Waals surface area contributed by atoms with Crippen LogP contribution in [-0.4, -0.2) is 75.0 Å². The summed E-state index contributed by atoms with van der Waals surface area (Å²) in [5, 5.41) is 10.2. The highest BCUT2D eigenvalue weighted by atomic mass is 35.5. The summed E-state index contributed by atoms with van der Waals surface area (Å²) in [6.07, 6.45) is 3.64. The van der Waals surface area contributed by atoms with E-state index < -0.39 is 10.0 Å². The predicted octanol–water partition coefficient (Wildman–Crippen LogP) is 4.17. The fraction of sp³-hybridized carbons (Fsp3) is 0.520. The van der Waals surface area contributed by atoms with Gasteiger partial charge in [-0.3, -0.25) is 4.90 Å². The van der Waals surface area contributed by atoms with Crippen molar-refractivity contribution in [1.82, 2.24) is 14.5 Å². The van der Waals surface area contributed by atoms with Gasteiger partial charge in [0.1, 0.15) is 0 Å². The van der Waals surface area contributed by atoms with Crippen LogP contribution in [0, 0.1) is 0 Å². The van der Waals surface area contributed by atoms with Gasteiger partial charge in [-0.15, -0.1) is 0 Å². The lowest BCUT2D eigenvalue weighted by Crippen LogP contribution is -2.48. The molecule has 2 aromatic rings. The third-order valence-electron chi connectivity index (χ3n) is 6.21. The van der Waals surface area contributed by atoms with Crippen LogP contribution in [0.4, 0.5) is 0 Å². The molecule has 1 heterocycles. The number of unbranched alkanes of at least 4 members (excludes halogenated alkanes) is 3. The molecule has 3 rings (SSSR count). The molecule has 9 heteroatoms. The molecule has 6 nitrogen and oxygen atoms in total. The van der Waals surface area contributed by atoms with E-state index in [1.54, 1.807) is 0 Å². The molecule has 1 saturated heterocycles. The minimum atomic E-state index is -3.26. The molecule has 1 fully saturated rings. The Kier molecular flexibility index (Phi) is 11.1. The van der Waals surface area contributed by atoms with E-state index >= 15 is 0 Å². The number of benzene rings is 2. The molecular weight excluding hydrogens is 493 g/mol. The quantitative estimate of drug-likeness (QED) is 0.382. The molecule has 0 unspecified atom stereocenters. The Morgan fingerprint density at radius 1 is 0.824 bits per heavy atom. The molecule has 0 amide bonds. The van der Waals surface area contributed by atoms with Crippen molar-refractivity contribution in [2.75, 3.05) is 51.6 Å². The van der Waals surface area contributed by atoms with E-state index in [1.807, 2.05) is 24.3 Å². The molecule has 0 atom stereocenters. The lowest BCUT2D eigenvalue weighted by Gasteiger charge is -2.40. The van der Waals surface area contributed by atoms with Crippen molar-refractivity contribution in [1.29, 1.82) is 0 Å². The SMILES string of the molecule is O=S(=O)(CCCCCCN1CCN(C(c2ccc(Cl)cc2)c2ccc(Cl)cc2)CC1)NCCO. The van der Waals surface area contributed by atoms with Crippen LogP contribution in [0.3, 0.4) is 0 Å². The van der Waals surface area contributed by atoms with E-state index in [9.17, 15) is 8.42 Å². The first-order chi connectivity index (χ1) is 16.4. The highest BCUT2D eigenvalue weighted by Gasteiger charge is 2.26. The van der Waals surface area contributed by atoms with Gasteiger partial charge in [0.15, 0.2) is 0 Å². The second-order valence-electron chi connectivity index (χ2n) is 8.73. The summed E-state index contributed by atoms with van der Waals surface area (Å²) in [5.74, 6) is 0.127. The Bertz CT molecular complexity index is 918. The van der Waals surface area contributed by atoms with Crippen molar-refractivity contribution in [3.63, 3.8) is 0 Å². The molecule has 0 aromatic heterocycles. The summed E-state index contributed by atoms with van der Waals surface area (Å²) in [5.41, 5.74) is 2.45. The molecule has 0 bridgehead atoms. The zero-order chi connectivity index (χ0) is 24.4. The van der Waals surface area contributed by atoms with Gasteiger partial charge in [0.2, 0.25) is 10.0 Å². The maximum atomic E-state index is 11.7. The Morgan fingerprint density at radius 2 is 1.35 bits per heavy atom. The van der Waals surface area contributed by atoms with Crippen molar-refractivity contribution < 1.29 is 13.5 Å². The van der Waals surface area contributed by atoms with Gasteiger partial charge in [-0.05, 0) is 54.8 Å². The number of halogens is 2. The first-order valence-corrected chi connectivity index (χ1v) is 14.3. The van der Waals surface area contributed by atoms with Gasteiger partial charge >= 0.3 is 0 Å². The fourth-order valence-corrected chi connectivity index (χ4v) is 5.79. The van der Waals surface area contributed by atoms with E-state index in [4.69, 9.17) is 28.3 Å². The molecule has 0 aliphatic carbocycles. The van der Waals surface area contributed by atoms with Gasteiger partial charge in [0, 0.05) is 42.8 Å². The third kappa shape index (κ3) is 8.79. The summed E-state index contributed by atoms with van der Waals surface area (Å²) in [6.45, 7) is 4.93. The van der Waals surface area contributed by atoms with Crippen molar-refractivity contribution in [3.8, 4) is 0 Å². The minimum Gasteiger partial charge on any atom is -0.395 e. The fourth-order valence-electron chi connectivity index (χ4n) is 4.40. The summed E-state index contributed by atoms with van der Waals surface area (Å²) in [4.78, 5) is 5.02. The zero-order valence-corrected chi connectivity index (χ0v) is 21.8. The number of hydrogen-bond donors (Lipinski definition) is 2. The maximum Gasteiger partial charge on any atom is 0.211 e. The number of hydrogen-bond acceptors (Lipinski definition) is 5. The standard InChI is InChI=1S/C25H35Cl2N3O3S/c26-23-9-5-21(6-10-23)25(22-7-11-24(27)12-8-22)30-17-15-29(16-18-30)14-3-1-2-4-20-34(32,33)28-13-19-31/h5-12,25,28,31H,1-4,13-20H2. The molecule has 188 valence electrons. The Hall–Kier alpha value is -1.19. The first kappa shape index (κ1) is 27.4. The van der Waals surface area contributed by atoms with E-state index in [0.29, 0.717) is 6.42 Å². The van der Waals surface area contributed by atoms with Gasteiger partial charge < -0.3 is 10.0 Å². The number of piperazine rings is 1. The van der Waals surface area contributed by atoms with E-state index in [2.05, 4.69) is 38.8 Å². The molecule has 1 aliphatic rings. The van der Waals surface area contributed by atoms with Crippen molar-refractivity contribution >= 4 is 33.2 Å². The summed E-state index contributed by atoms with van der Waals surface area (Å²) in [7, 11) is -3.26. The highest BCUT2D eigenvalue weighted by Crippen LogP contribution is 2.31. The summed E-state index contributed by atoms with van der Waals surface area (Å²) >= 11 is 12.3. The summed E-state index contributed by atoms with van der Waals surface area (Å²) < 4.78 is 25.9. The second-order valence-corrected chi connectivity index (χ2v) is 11.5. The third-order valence-corrected chi connectivity index (χ3v) is 8.19. The minimum absolute atomic E-state index is 0.0885. The maximum absolute atomic E-state index is 11.7. The van der Waals surface area contributed by atoms with Crippen molar-refractivity contribution in [2.24, 2.45) is 0 Å². The Labute approximate surface area is 213 Å². The van der Waals surface area contributed by atoms with Crippen LogP contribution in [0.2, 0.25) is 10.0 Å². The topological polar surface area (TPSA) is 72.9 Å². The Morgan fingerprint density at radius 3 is 1.88 bits per heavy atom. The zero-order valence-electron chi connectivity index (χ0n) is 19.5. The Balaban J connectivity index is 1.45. The lowest BCUT2D eigenvalue weighted by molar-refractivity contribution is 0.108. The van der Waals surface area contributed by atoms with E-state index in [1.165, 1.54) is 11.1 Å². The second kappa shape index (κ2) is 13.8. The van der Waals surface area contributed by atoms with Crippen LogP contribution in [0.5, 0.6) is 0 Å². The number of aliphatic hydroxyl groups is 1. The van der Waals surface area contributed by atoms with Gasteiger partial charge in [-0.2, -0.15) is 0 Å². The van der Waals surface area contributed by atoms with Crippen LogP contribution in [0.25, 0.3) is 0 Å². The number of nitrogens with one attached hydrogen (secondary N) is 1. The van der Waals surface area contributed by atoms with Gasteiger partial charge in [-0.1, -0.05) is 60.3 Å². The average Bonchev–Trinajstić information content (AvgIpc) is 2.83. The van der Waals surface area contributed by atoms with E-state index in [0.717, 1.165) is 62.0 Å². The molecule has 2 N–H and O–H groups in total. The molecule has 0 spiro atoms. The number of sulfonamides is 1. The van der Waals surface area contributed by atoms with E-state index in [-0.39, 0.29) is 24.9 Å². The van der Waals surface area contributed by atoms with Crippen molar-refractivity contribution in [2.45, 2.75) is 31.7 Å². The average molecular weight is 529 g/mol. The van der Waals surface area contributed by atoms with Gasteiger partial charge in [0.05, 0.1) is 18.4 Å². The molecule has 34 heavy (non-hydrogen) atoms. The van der Waals surface area contributed by atoms with Crippen LogP contribution >= 0.6 is 23.2 Å². The molecule has 1 aliphatic heterocycles. The number of aliphatic hydroxyl groups excluding tert-OH is 1. The van der Waals surface area contributed by atoms with Crippen LogP contribution in [0.1, 0.15) is 42.9 Å². The smallest absolute Gasteiger partial charge is 0.211 e. The summed E-state index contributed by atoms with van der Waals surface area (Å²) in [6, 6.07) is 16.4. The lowest BCUT2D eigenvalue weighted by atomic mass is 9.96. The monoisotopic (exact) mass is 527 g/mol. The van der Waals surface area contributed by atoms with Gasteiger partial charge in [0.25, 0.3) is 0 Å². The molecule has 0 saturated carbocycles.